The van der Waals surface area contributed by atoms with Crippen molar-refractivity contribution >= 4 is 28.3 Å². The number of fused-ring (bicyclic) bond motifs is 1. The van der Waals surface area contributed by atoms with Gasteiger partial charge in [0.1, 0.15) is 5.82 Å². The molecule has 0 spiro atoms. The smallest absolute Gasteiger partial charge is 0.259 e. The van der Waals surface area contributed by atoms with E-state index < -0.39 is 5.82 Å². The first-order valence-electron chi connectivity index (χ1n) is 8.80. The molecule has 0 bridgehead atoms. The lowest BCUT2D eigenvalue weighted by atomic mass is 10.0. The lowest BCUT2D eigenvalue weighted by molar-refractivity contribution is 0.0747. The van der Waals surface area contributed by atoms with Gasteiger partial charge in [0.15, 0.2) is 0 Å². The van der Waals surface area contributed by atoms with Crippen LogP contribution in [0, 0.1) is 12.7 Å². The lowest BCUT2D eigenvalue weighted by Crippen LogP contribution is -2.29. The maximum atomic E-state index is 14.3. The summed E-state index contributed by atoms with van der Waals surface area (Å²) in [5.41, 5.74) is 1.83. The zero-order chi connectivity index (χ0) is 19.8. The summed E-state index contributed by atoms with van der Waals surface area (Å²) in [5.74, 6) is -0.610. The quantitative estimate of drug-likeness (QED) is 0.475. The Kier molecular flexibility index (Phi) is 4.68. The van der Waals surface area contributed by atoms with Gasteiger partial charge in [0.2, 0.25) is 0 Å². The van der Waals surface area contributed by atoms with Crippen molar-refractivity contribution in [3.8, 4) is 11.3 Å². The number of hydrogen-bond donors (Lipinski definition) is 0. The molecule has 0 radical (unpaired) electrons. The van der Waals surface area contributed by atoms with Gasteiger partial charge in [-0.25, -0.2) is 9.37 Å². The predicted octanol–water partition coefficient (Wildman–Crippen LogP) is 5.23. The average molecular weight is 395 g/mol. The zero-order valence-corrected chi connectivity index (χ0v) is 16.5. The number of aromatic nitrogens is 2. The summed E-state index contributed by atoms with van der Waals surface area (Å²) >= 11 is 1.60. The van der Waals surface area contributed by atoms with Crippen LogP contribution in [0.5, 0.6) is 0 Å². The van der Waals surface area contributed by atoms with Gasteiger partial charge in [0.05, 0.1) is 28.4 Å². The summed E-state index contributed by atoms with van der Waals surface area (Å²) in [6.45, 7) is 3.73. The van der Waals surface area contributed by atoms with E-state index in [4.69, 9.17) is 4.52 Å². The standard InChI is InChI=1S/C21H18FN3O2S/c1-12-19-15(21(26)25(3)13(2)18-9-6-10-28-18)11-17(23-20(19)27-24-12)14-7-4-5-8-16(14)22/h4-11,13H,1-3H3/t13-/m1/s1. The van der Waals surface area contributed by atoms with Gasteiger partial charge in [-0.05, 0) is 43.5 Å². The van der Waals surface area contributed by atoms with Crippen molar-refractivity contribution in [2.24, 2.45) is 0 Å². The number of carbonyl (C=O) groups excluding carboxylic acids is 1. The largest absolute Gasteiger partial charge is 0.335 e. The van der Waals surface area contributed by atoms with Crippen molar-refractivity contribution in [3.05, 3.63) is 69.8 Å². The van der Waals surface area contributed by atoms with E-state index in [2.05, 4.69) is 10.1 Å². The number of halogens is 1. The Morgan fingerprint density at radius 3 is 2.75 bits per heavy atom. The number of rotatable bonds is 4. The van der Waals surface area contributed by atoms with E-state index in [-0.39, 0.29) is 17.7 Å². The molecule has 0 fully saturated rings. The summed E-state index contributed by atoms with van der Waals surface area (Å²) in [7, 11) is 1.75. The summed E-state index contributed by atoms with van der Waals surface area (Å²) in [5, 5.41) is 6.48. The Bertz CT molecular complexity index is 1150. The van der Waals surface area contributed by atoms with E-state index in [1.165, 1.54) is 6.07 Å². The maximum Gasteiger partial charge on any atom is 0.259 e. The van der Waals surface area contributed by atoms with Crippen LogP contribution in [0.4, 0.5) is 4.39 Å². The molecule has 7 heteroatoms. The van der Waals surface area contributed by atoms with Crippen LogP contribution in [0.15, 0.2) is 52.4 Å². The zero-order valence-electron chi connectivity index (χ0n) is 15.6. The van der Waals surface area contributed by atoms with Gasteiger partial charge in [0.25, 0.3) is 11.6 Å². The number of thiophene rings is 1. The van der Waals surface area contributed by atoms with Crippen LogP contribution in [0.2, 0.25) is 0 Å². The highest BCUT2D eigenvalue weighted by Gasteiger charge is 2.25. The third-order valence-corrected chi connectivity index (χ3v) is 5.90. The number of carbonyl (C=O) groups is 1. The van der Waals surface area contributed by atoms with Crippen molar-refractivity contribution in [2.75, 3.05) is 7.05 Å². The van der Waals surface area contributed by atoms with Crippen molar-refractivity contribution < 1.29 is 13.7 Å². The van der Waals surface area contributed by atoms with Gasteiger partial charge in [-0.1, -0.05) is 23.4 Å². The highest BCUT2D eigenvalue weighted by Crippen LogP contribution is 2.31. The first kappa shape index (κ1) is 18.3. The van der Waals surface area contributed by atoms with E-state index in [0.717, 1.165) is 4.88 Å². The first-order valence-corrected chi connectivity index (χ1v) is 9.68. The summed E-state index contributed by atoms with van der Waals surface area (Å²) < 4.78 is 19.6. The van der Waals surface area contributed by atoms with Crippen LogP contribution < -0.4 is 0 Å². The Morgan fingerprint density at radius 1 is 1.25 bits per heavy atom. The van der Waals surface area contributed by atoms with Crippen LogP contribution in [0.25, 0.3) is 22.4 Å². The molecule has 0 saturated heterocycles. The SMILES string of the molecule is Cc1noc2nc(-c3ccccc3F)cc(C(=O)N(C)[C@H](C)c3cccs3)c12. The molecule has 4 aromatic rings. The van der Waals surface area contributed by atoms with E-state index in [1.807, 2.05) is 24.4 Å². The minimum absolute atomic E-state index is 0.104. The Morgan fingerprint density at radius 2 is 2.04 bits per heavy atom. The normalized spacial score (nSPS) is 12.3. The second-order valence-electron chi connectivity index (χ2n) is 6.59. The molecular formula is C21H18FN3O2S. The number of nitrogens with zero attached hydrogens (tertiary/aromatic N) is 3. The van der Waals surface area contributed by atoms with Crippen molar-refractivity contribution in [3.63, 3.8) is 0 Å². The molecule has 1 amide bonds. The van der Waals surface area contributed by atoms with Gasteiger partial charge in [-0.3, -0.25) is 4.79 Å². The van der Waals surface area contributed by atoms with Crippen LogP contribution in [-0.4, -0.2) is 28.0 Å². The molecule has 0 aliphatic rings. The van der Waals surface area contributed by atoms with E-state index in [0.29, 0.717) is 27.9 Å². The van der Waals surface area contributed by atoms with Gasteiger partial charge in [-0.15, -0.1) is 11.3 Å². The molecule has 4 rings (SSSR count). The lowest BCUT2D eigenvalue weighted by Gasteiger charge is -2.24. The van der Waals surface area contributed by atoms with Crippen molar-refractivity contribution in [1.29, 1.82) is 0 Å². The molecular weight excluding hydrogens is 377 g/mol. The van der Waals surface area contributed by atoms with Crippen LogP contribution in [0.3, 0.4) is 0 Å². The van der Waals surface area contributed by atoms with Crippen LogP contribution >= 0.6 is 11.3 Å². The van der Waals surface area contributed by atoms with E-state index in [9.17, 15) is 9.18 Å². The van der Waals surface area contributed by atoms with E-state index in [1.54, 1.807) is 54.5 Å². The highest BCUT2D eigenvalue weighted by atomic mass is 32.1. The predicted molar refractivity (Wildman–Crippen MR) is 107 cm³/mol. The minimum Gasteiger partial charge on any atom is -0.335 e. The molecule has 5 nitrogen and oxygen atoms in total. The van der Waals surface area contributed by atoms with Crippen LogP contribution in [-0.2, 0) is 0 Å². The molecule has 1 atom stereocenters. The number of amides is 1. The number of pyridine rings is 1. The first-order chi connectivity index (χ1) is 13.5. The Labute approximate surface area is 165 Å². The third-order valence-electron chi connectivity index (χ3n) is 4.85. The molecule has 3 heterocycles. The number of benzene rings is 1. The van der Waals surface area contributed by atoms with Gasteiger partial charge in [-0.2, -0.15) is 0 Å². The topological polar surface area (TPSA) is 59.2 Å². The van der Waals surface area contributed by atoms with Gasteiger partial charge >= 0.3 is 0 Å². The second-order valence-corrected chi connectivity index (χ2v) is 7.57. The second kappa shape index (κ2) is 7.16. The fourth-order valence-electron chi connectivity index (χ4n) is 3.16. The van der Waals surface area contributed by atoms with Crippen molar-refractivity contribution in [2.45, 2.75) is 19.9 Å². The third kappa shape index (κ3) is 3.07. The van der Waals surface area contributed by atoms with Gasteiger partial charge in [0, 0.05) is 17.5 Å². The highest BCUT2D eigenvalue weighted by molar-refractivity contribution is 7.10. The molecule has 142 valence electrons. The van der Waals surface area contributed by atoms with E-state index >= 15 is 0 Å². The molecule has 0 N–H and O–H groups in total. The summed E-state index contributed by atoms with van der Waals surface area (Å²) in [6.07, 6.45) is 0. The summed E-state index contributed by atoms with van der Waals surface area (Å²) in [6, 6.07) is 11.8. The molecule has 0 saturated carbocycles. The Hall–Kier alpha value is -3.06. The molecule has 0 aliphatic carbocycles. The Balaban J connectivity index is 1.84. The molecule has 3 aromatic heterocycles. The fourth-order valence-corrected chi connectivity index (χ4v) is 3.98. The monoisotopic (exact) mass is 395 g/mol. The minimum atomic E-state index is -0.413. The van der Waals surface area contributed by atoms with Crippen LogP contribution in [0.1, 0.15) is 33.9 Å². The molecule has 1 aromatic carbocycles. The number of hydrogen-bond acceptors (Lipinski definition) is 5. The van der Waals surface area contributed by atoms with Gasteiger partial charge < -0.3 is 9.42 Å². The number of aryl methyl sites for hydroxylation is 1. The maximum absolute atomic E-state index is 14.3. The summed E-state index contributed by atoms with van der Waals surface area (Å²) in [4.78, 5) is 20.5. The molecule has 0 aliphatic heterocycles. The fraction of sp³-hybridized carbons (Fsp3) is 0.190. The average Bonchev–Trinajstić information content (AvgIpc) is 3.36. The molecule has 0 unspecified atom stereocenters. The molecule has 28 heavy (non-hydrogen) atoms. The van der Waals surface area contributed by atoms with Crippen molar-refractivity contribution in [1.82, 2.24) is 15.0 Å².